The van der Waals surface area contributed by atoms with Gasteiger partial charge in [0.15, 0.2) is 0 Å². The summed E-state index contributed by atoms with van der Waals surface area (Å²) in [6, 6.07) is 2.76. The van der Waals surface area contributed by atoms with E-state index in [2.05, 4.69) is 0 Å². The maximum Gasteiger partial charge on any atom is 0.416 e. The highest BCUT2D eigenvalue weighted by Crippen LogP contribution is 2.32. The third kappa shape index (κ3) is 4.93. The number of halogens is 4. The van der Waals surface area contributed by atoms with Gasteiger partial charge in [0.1, 0.15) is 0 Å². The molecule has 0 heterocycles. The molecule has 2 N–H and O–H groups in total. The van der Waals surface area contributed by atoms with Crippen molar-refractivity contribution in [1.29, 1.82) is 0 Å². The van der Waals surface area contributed by atoms with E-state index in [0.717, 1.165) is 30.4 Å². The van der Waals surface area contributed by atoms with E-state index in [1.807, 2.05) is 10.9 Å². The molecule has 0 fully saturated rings. The highest BCUT2D eigenvalue weighted by molar-refractivity contribution is 6.32. The van der Waals surface area contributed by atoms with Crippen LogP contribution in [-0.4, -0.2) is 11.8 Å². The first-order chi connectivity index (χ1) is 9.20. The normalized spacial score (nSPS) is 11.4. The van der Waals surface area contributed by atoms with Gasteiger partial charge in [-0.15, -0.1) is 0 Å². The summed E-state index contributed by atoms with van der Waals surface area (Å²) in [5.41, 5.74) is 3.22. The number of hydrogen-bond acceptors (Lipinski definition) is 2. The van der Waals surface area contributed by atoms with E-state index in [1.54, 1.807) is 0 Å². The van der Waals surface area contributed by atoms with Crippen LogP contribution >= 0.6 is 11.6 Å². The SMILES string of the molecule is CC(=O)NNC(=O)/C=C/c1cc(C(F)(F)F)ccc1Cl. The van der Waals surface area contributed by atoms with Gasteiger partial charge in [0.05, 0.1) is 5.56 Å². The summed E-state index contributed by atoms with van der Waals surface area (Å²) in [6.45, 7) is 1.19. The van der Waals surface area contributed by atoms with Gasteiger partial charge in [-0.25, -0.2) is 0 Å². The fourth-order valence-corrected chi connectivity index (χ4v) is 1.39. The molecule has 8 heteroatoms. The molecule has 1 aromatic carbocycles. The lowest BCUT2D eigenvalue weighted by Gasteiger charge is -2.08. The first-order valence-corrected chi connectivity index (χ1v) is 5.69. The van der Waals surface area contributed by atoms with Crippen LogP contribution in [-0.2, 0) is 15.8 Å². The number of amides is 2. The van der Waals surface area contributed by atoms with Crippen molar-refractivity contribution in [3.05, 3.63) is 40.4 Å². The molecule has 2 amide bonds. The van der Waals surface area contributed by atoms with Crippen LogP contribution in [0.3, 0.4) is 0 Å². The maximum atomic E-state index is 12.5. The highest BCUT2D eigenvalue weighted by Gasteiger charge is 2.30. The minimum Gasteiger partial charge on any atom is -0.274 e. The molecule has 4 nitrogen and oxygen atoms in total. The van der Waals surface area contributed by atoms with Crippen molar-refractivity contribution in [3.63, 3.8) is 0 Å². The summed E-state index contributed by atoms with van der Waals surface area (Å²) in [5.74, 6) is -1.18. The Morgan fingerprint density at radius 3 is 2.45 bits per heavy atom. The molecule has 0 bridgehead atoms. The number of benzene rings is 1. The molecular formula is C12H10ClF3N2O2. The smallest absolute Gasteiger partial charge is 0.274 e. The first kappa shape index (κ1) is 16.0. The van der Waals surface area contributed by atoms with E-state index in [9.17, 15) is 22.8 Å². The molecule has 0 radical (unpaired) electrons. The summed E-state index contributed by atoms with van der Waals surface area (Å²) in [4.78, 5) is 21.8. The van der Waals surface area contributed by atoms with E-state index in [0.29, 0.717) is 0 Å². The van der Waals surface area contributed by atoms with Crippen molar-refractivity contribution in [2.24, 2.45) is 0 Å². The molecule has 1 rings (SSSR count). The van der Waals surface area contributed by atoms with E-state index in [1.165, 1.54) is 6.92 Å². The lowest BCUT2D eigenvalue weighted by Crippen LogP contribution is -2.39. The molecule has 0 aliphatic rings. The van der Waals surface area contributed by atoms with Gasteiger partial charge in [-0.2, -0.15) is 13.2 Å². The third-order valence-electron chi connectivity index (χ3n) is 2.10. The number of carbonyl (C=O) groups excluding carboxylic acids is 2. The summed E-state index contributed by atoms with van der Waals surface area (Å²) < 4.78 is 37.5. The first-order valence-electron chi connectivity index (χ1n) is 5.31. The Balaban J connectivity index is 2.86. The zero-order chi connectivity index (χ0) is 15.3. The Morgan fingerprint density at radius 2 is 1.90 bits per heavy atom. The second-order valence-electron chi connectivity index (χ2n) is 3.74. The molecule has 0 saturated carbocycles. The molecule has 0 unspecified atom stereocenters. The molecule has 20 heavy (non-hydrogen) atoms. The van der Waals surface area contributed by atoms with Crippen LogP contribution in [0.2, 0.25) is 5.02 Å². The molecule has 0 aromatic heterocycles. The number of carbonyl (C=O) groups is 2. The topological polar surface area (TPSA) is 58.2 Å². The zero-order valence-corrected chi connectivity index (χ0v) is 11.0. The van der Waals surface area contributed by atoms with Crippen molar-refractivity contribution in [3.8, 4) is 0 Å². The van der Waals surface area contributed by atoms with Crippen LogP contribution in [0.5, 0.6) is 0 Å². The lowest BCUT2D eigenvalue weighted by molar-refractivity contribution is -0.137. The molecule has 108 valence electrons. The van der Waals surface area contributed by atoms with E-state index < -0.39 is 23.6 Å². The minimum atomic E-state index is -4.49. The predicted octanol–water partition coefficient (Wildman–Crippen LogP) is 2.54. The molecular weight excluding hydrogens is 297 g/mol. The second kappa shape index (κ2) is 6.42. The monoisotopic (exact) mass is 306 g/mol. The molecule has 0 aliphatic carbocycles. The van der Waals surface area contributed by atoms with Crippen LogP contribution in [0, 0.1) is 0 Å². The Kier molecular flexibility index (Phi) is 5.15. The molecule has 0 atom stereocenters. The number of hydrogen-bond donors (Lipinski definition) is 2. The standard InChI is InChI=1S/C12H10ClF3N2O2/c1-7(19)17-18-11(20)5-2-8-6-9(12(14,15)16)3-4-10(8)13/h2-6H,1H3,(H,17,19)(H,18,20)/b5-2+. The van der Waals surface area contributed by atoms with E-state index >= 15 is 0 Å². The molecule has 0 saturated heterocycles. The molecule has 0 aliphatic heterocycles. The van der Waals surface area contributed by atoms with Crippen LogP contribution in [0.25, 0.3) is 6.08 Å². The number of nitrogens with one attached hydrogen (secondary N) is 2. The fourth-order valence-electron chi connectivity index (χ4n) is 1.20. The van der Waals surface area contributed by atoms with Gasteiger partial charge in [0.2, 0.25) is 5.91 Å². The van der Waals surface area contributed by atoms with Crippen molar-refractivity contribution in [2.45, 2.75) is 13.1 Å². The molecule has 1 aromatic rings. The highest BCUT2D eigenvalue weighted by atomic mass is 35.5. The largest absolute Gasteiger partial charge is 0.416 e. The lowest BCUT2D eigenvalue weighted by atomic mass is 10.1. The van der Waals surface area contributed by atoms with Crippen molar-refractivity contribution < 1.29 is 22.8 Å². The predicted molar refractivity (Wildman–Crippen MR) is 67.4 cm³/mol. The average molecular weight is 307 g/mol. The van der Waals surface area contributed by atoms with E-state index in [4.69, 9.17) is 11.6 Å². The van der Waals surface area contributed by atoms with Crippen LogP contribution in [0.1, 0.15) is 18.1 Å². The van der Waals surface area contributed by atoms with Gasteiger partial charge in [-0.05, 0) is 29.8 Å². The second-order valence-corrected chi connectivity index (χ2v) is 4.15. The summed E-state index contributed by atoms with van der Waals surface area (Å²) in [6.07, 6.45) is -2.42. The van der Waals surface area contributed by atoms with Crippen LogP contribution in [0.4, 0.5) is 13.2 Å². The van der Waals surface area contributed by atoms with Crippen molar-refractivity contribution in [2.75, 3.05) is 0 Å². The number of hydrazine groups is 1. The summed E-state index contributed by atoms with van der Waals surface area (Å²) in [5, 5.41) is 0.0709. The summed E-state index contributed by atoms with van der Waals surface area (Å²) >= 11 is 5.74. The Morgan fingerprint density at radius 1 is 1.25 bits per heavy atom. The fraction of sp³-hybridized carbons (Fsp3) is 0.167. The van der Waals surface area contributed by atoms with Crippen LogP contribution in [0.15, 0.2) is 24.3 Å². The Bertz CT molecular complexity index is 556. The Hall–Kier alpha value is -2.02. The van der Waals surface area contributed by atoms with Gasteiger partial charge < -0.3 is 0 Å². The van der Waals surface area contributed by atoms with Gasteiger partial charge in [0.25, 0.3) is 5.91 Å². The average Bonchev–Trinajstić information content (AvgIpc) is 2.33. The van der Waals surface area contributed by atoms with Crippen molar-refractivity contribution in [1.82, 2.24) is 10.9 Å². The zero-order valence-electron chi connectivity index (χ0n) is 10.2. The number of rotatable bonds is 2. The van der Waals surface area contributed by atoms with Crippen LogP contribution < -0.4 is 10.9 Å². The van der Waals surface area contributed by atoms with Gasteiger partial charge >= 0.3 is 6.18 Å². The third-order valence-corrected chi connectivity index (χ3v) is 2.44. The van der Waals surface area contributed by atoms with Gasteiger partial charge in [0, 0.05) is 18.0 Å². The number of alkyl halides is 3. The quantitative estimate of drug-likeness (QED) is 0.651. The van der Waals surface area contributed by atoms with Crippen molar-refractivity contribution >= 4 is 29.5 Å². The summed E-state index contributed by atoms with van der Waals surface area (Å²) in [7, 11) is 0. The Labute approximate surface area is 117 Å². The van der Waals surface area contributed by atoms with E-state index in [-0.39, 0.29) is 10.6 Å². The minimum absolute atomic E-state index is 0.0412. The van der Waals surface area contributed by atoms with Gasteiger partial charge in [-0.3, -0.25) is 20.4 Å². The van der Waals surface area contributed by atoms with Gasteiger partial charge in [-0.1, -0.05) is 11.6 Å². The maximum absolute atomic E-state index is 12.5. The molecule has 0 spiro atoms.